The first kappa shape index (κ1) is 15.8. The van der Waals surface area contributed by atoms with Gasteiger partial charge >= 0.3 is 0 Å². The van der Waals surface area contributed by atoms with Crippen LogP contribution in [0.5, 0.6) is 5.75 Å². The topological polar surface area (TPSA) is 38.3 Å². The van der Waals surface area contributed by atoms with Crippen LogP contribution in [0.4, 0.5) is 5.69 Å². The van der Waals surface area contributed by atoms with Gasteiger partial charge in [0.25, 0.3) is 5.91 Å². The zero-order chi connectivity index (χ0) is 15.4. The third-order valence-electron chi connectivity index (χ3n) is 3.18. The third-order valence-corrected chi connectivity index (χ3v) is 3.90. The van der Waals surface area contributed by atoms with Gasteiger partial charge in [-0.1, -0.05) is 18.2 Å². The van der Waals surface area contributed by atoms with Gasteiger partial charge in [-0.05, 0) is 78.8 Å². The minimum absolute atomic E-state index is 0.154. The van der Waals surface area contributed by atoms with Gasteiger partial charge in [0, 0.05) is 9.26 Å². The summed E-state index contributed by atoms with van der Waals surface area (Å²) in [6.07, 6.45) is -0.552. The first-order valence-electron chi connectivity index (χ1n) is 6.76. The zero-order valence-electron chi connectivity index (χ0n) is 12.3. The van der Waals surface area contributed by atoms with Crippen LogP contribution in [-0.4, -0.2) is 12.0 Å². The molecule has 2 aromatic carbocycles. The molecular weight excluding hydrogens is 377 g/mol. The highest BCUT2D eigenvalue weighted by atomic mass is 127. The Morgan fingerprint density at radius 3 is 2.24 bits per heavy atom. The van der Waals surface area contributed by atoms with Gasteiger partial charge in [0.1, 0.15) is 5.75 Å². The number of nitrogens with one attached hydrogen (secondary N) is 1. The van der Waals surface area contributed by atoms with Crippen LogP contribution >= 0.6 is 22.6 Å². The van der Waals surface area contributed by atoms with E-state index >= 15 is 0 Å². The van der Waals surface area contributed by atoms with Gasteiger partial charge in [0.2, 0.25) is 0 Å². The van der Waals surface area contributed by atoms with Gasteiger partial charge in [-0.2, -0.15) is 0 Å². The average molecular weight is 395 g/mol. The molecule has 1 unspecified atom stereocenters. The summed E-state index contributed by atoms with van der Waals surface area (Å²) in [6, 6.07) is 13.6. The van der Waals surface area contributed by atoms with Gasteiger partial charge in [0.15, 0.2) is 6.10 Å². The maximum Gasteiger partial charge on any atom is 0.265 e. The minimum atomic E-state index is -0.552. The van der Waals surface area contributed by atoms with E-state index < -0.39 is 6.10 Å². The molecule has 0 heterocycles. The Morgan fingerprint density at radius 2 is 1.67 bits per heavy atom. The number of aryl methyl sites for hydroxylation is 2. The number of para-hydroxylation sites is 1. The number of halogens is 1. The monoisotopic (exact) mass is 395 g/mol. The molecule has 1 amide bonds. The third kappa shape index (κ3) is 4.20. The first-order chi connectivity index (χ1) is 9.97. The van der Waals surface area contributed by atoms with Crippen molar-refractivity contribution < 1.29 is 9.53 Å². The van der Waals surface area contributed by atoms with Crippen molar-refractivity contribution in [2.24, 2.45) is 0 Å². The second-order valence-corrected chi connectivity index (χ2v) is 6.22. The smallest absolute Gasteiger partial charge is 0.265 e. The van der Waals surface area contributed by atoms with Crippen molar-refractivity contribution in [2.45, 2.75) is 26.9 Å². The molecule has 1 N–H and O–H groups in total. The van der Waals surface area contributed by atoms with E-state index in [2.05, 4.69) is 27.9 Å². The molecule has 0 aromatic heterocycles. The zero-order valence-corrected chi connectivity index (χ0v) is 14.5. The molecule has 0 aliphatic carbocycles. The maximum absolute atomic E-state index is 12.2. The van der Waals surface area contributed by atoms with Gasteiger partial charge in [-0.3, -0.25) is 4.79 Å². The highest BCUT2D eigenvalue weighted by molar-refractivity contribution is 14.1. The molecule has 0 radical (unpaired) electrons. The number of anilines is 1. The number of rotatable bonds is 4. The molecule has 4 heteroatoms. The molecule has 0 spiro atoms. The Bertz CT molecular complexity index is 617. The maximum atomic E-state index is 12.2. The predicted molar refractivity (Wildman–Crippen MR) is 93.8 cm³/mol. The van der Waals surface area contributed by atoms with E-state index in [4.69, 9.17) is 4.74 Å². The molecule has 0 aliphatic rings. The lowest BCUT2D eigenvalue weighted by atomic mass is 10.1. The molecule has 0 bridgehead atoms. The molecule has 0 fully saturated rings. The number of carbonyl (C=O) groups excluding carboxylic acids is 1. The molecule has 0 aliphatic heterocycles. The fraction of sp³-hybridized carbons (Fsp3) is 0.235. The van der Waals surface area contributed by atoms with Crippen molar-refractivity contribution in [1.29, 1.82) is 0 Å². The lowest BCUT2D eigenvalue weighted by Crippen LogP contribution is -2.30. The van der Waals surface area contributed by atoms with E-state index in [0.717, 1.165) is 26.1 Å². The SMILES string of the molecule is Cc1cccc(C)c1OC(C)C(=O)Nc1ccc(I)cc1. The Balaban J connectivity index is 2.04. The highest BCUT2D eigenvalue weighted by Crippen LogP contribution is 2.23. The molecule has 2 aromatic rings. The van der Waals surface area contributed by atoms with E-state index in [1.807, 2.05) is 56.3 Å². The summed E-state index contributed by atoms with van der Waals surface area (Å²) >= 11 is 2.23. The summed E-state index contributed by atoms with van der Waals surface area (Å²) in [7, 11) is 0. The minimum Gasteiger partial charge on any atom is -0.480 e. The largest absolute Gasteiger partial charge is 0.480 e. The highest BCUT2D eigenvalue weighted by Gasteiger charge is 2.16. The van der Waals surface area contributed by atoms with Crippen LogP contribution in [0.3, 0.4) is 0 Å². The van der Waals surface area contributed by atoms with Crippen LogP contribution in [0, 0.1) is 17.4 Å². The molecule has 0 saturated heterocycles. The summed E-state index contributed by atoms with van der Waals surface area (Å²) in [6.45, 7) is 5.71. The van der Waals surface area contributed by atoms with Crippen LogP contribution in [-0.2, 0) is 4.79 Å². The van der Waals surface area contributed by atoms with Crippen LogP contribution < -0.4 is 10.1 Å². The summed E-state index contributed by atoms with van der Waals surface area (Å²) in [4.78, 5) is 12.2. The fourth-order valence-electron chi connectivity index (χ4n) is 1.99. The number of hydrogen-bond acceptors (Lipinski definition) is 2. The second kappa shape index (κ2) is 6.93. The Morgan fingerprint density at radius 1 is 1.10 bits per heavy atom. The van der Waals surface area contributed by atoms with Crippen molar-refractivity contribution in [1.82, 2.24) is 0 Å². The Hall–Kier alpha value is -1.56. The van der Waals surface area contributed by atoms with Crippen molar-refractivity contribution in [3.63, 3.8) is 0 Å². The fourth-order valence-corrected chi connectivity index (χ4v) is 2.35. The number of hydrogen-bond donors (Lipinski definition) is 1. The van der Waals surface area contributed by atoms with Gasteiger partial charge < -0.3 is 10.1 Å². The van der Waals surface area contributed by atoms with Crippen LogP contribution in [0.2, 0.25) is 0 Å². The molecule has 2 rings (SSSR count). The molecule has 1 atom stereocenters. The van der Waals surface area contributed by atoms with E-state index in [1.165, 1.54) is 0 Å². The van der Waals surface area contributed by atoms with Crippen molar-refractivity contribution >= 4 is 34.2 Å². The summed E-state index contributed by atoms with van der Waals surface area (Å²) < 4.78 is 6.95. The quantitative estimate of drug-likeness (QED) is 0.784. The van der Waals surface area contributed by atoms with Crippen LogP contribution in [0.15, 0.2) is 42.5 Å². The van der Waals surface area contributed by atoms with Gasteiger partial charge in [0.05, 0.1) is 0 Å². The van der Waals surface area contributed by atoms with Crippen molar-refractivity contribution in [3.8, 4) is 5.75 Å². The van der Waals surface area contributed by atoms with Gasteiger partial charge in [-0.25, -0.2) is 0 Å². The van der Waals surface area contributed by atoms with E-state index in [-0.39, 0.29) is 5.91 Å². The Labute approximate surface area is 138 Å². The van der Waals surface area contributed by atoms with Crippen LogP contribution in [0.1, 0.15) is 18.1 Å². The standard InChI is InChI=1S/C17H18INO2/c1-11-5-4-6-12(2)16(11)21-13(3)17(20)19-15-9-7-14(18)8-10-15/h4-10,13H,1-3H3,(H,19,20). The number of carbonyl (C=O) groups is 1. The summed E-state index contributed by atoms with van der Waals surface area (Å²) in [5.74, 6) is 0.627. The normalized spacial score (nSPS) is 11.8. The molecule has 110 valence electrons. The van der Waals surface area contributed by atoms with Crippen molar-refractivity contribution in [3.05, 3.63) is 57.2 Å². The second-order valence-electron chi connectivity index (χ2n) is 4.98. The van der Waals surface area contributed by atoms with E-state index in [0.29, 0.717) is 0 Å². The van der Waals surface area contributed by atoms with Crippen LogP contribution in [0.25, 0.3) is 0 Å². The lowest BCUT2D eigenvalue weighted by molar-refractivity contribution is -0.122. The van der Waals surface area contributed by atoms with E-state index in [1.54, 1.807) is 6.92 Å². The lowest BCUT2D eigenvalue weighted by Gasteiger charge is -2.18. The van der Waals surface area contributed by atoms with Gasteiger partial charge in [-0.15, -0.1) is 0 Å². The number of ether oxygens (including phenoxy) is 1. The number of amides is 1. The predicted octanol–water partition coefficient (Wildman–Crippen LogP) is 4.31. The number of benzene rings is 2. The summed E-state index contributed by atoms with van der Waals surface area (Å²) in [5, 5.41) is 2.86. The van der Waals surface area contributed by atoms with Crippen molar-refractivity contribution in [2.75, 3.05) is 5.32 Å². The Kier molecular flexibility index (Phi) is 5.22. The molecular formula is C17H18INO2. The average Bonchev–Trinajstić information content (AvgIpc) is 2.45. The summed E-state index contributed by atoms with van der Waals surface area (Å²) in [5.41, 5.74) is 2.84. The molecule has 21 heavy (non-hydrogen) atoms. The molecule has 0 saturated carbocycles. The van der Waals surface area contributed by atoms with E-state index in [9.17, 15) is 4.79 Å². The first-order valence-corrected chi connectivity index (χ1v) is 7.84. The molecule has 3 nitrogen and oxygen atoms in total.